The fraction of sp³-hybridized carbons (Fsp3) is 0.176. The highest BCUT2D eigenvalue weighted by molar-refractivity contribution is 5.85. The molecule has 4 aromatic carbocycles. The first kappa shape index (κ1) is 24.8. The maximum Gasteiger partial charge on any atom is 0.314 e. The Morgan fingerprint density at radius 3 is 2.10 bits per heavy atom. The topological polar surface area (TPSA) is 83.6 Å². The lowest BCUT2D eigenvalue weighted by Gasteiger charge is -2.14. The Labute approximate surface area is 227 Å². The average molecular weight is 516 g/mol. The van der Waals surface area contributed by atoms with Crippen molar-refractivity contribution in [2.24, 2.45) is 0 Å². The lowest BCUT2D eigenvalue weighted by molar-refractivity contribution is -0.140. The van der Waals surface area contributed by atoms with Gasteiger partial charge in [0.15, 0.2) is 5.76 Å². The molecule has 6 rings (SSSR count). The zero-order chi connectivity index (χ0) is 27.0. The van der Waals surface area contributed by atoms with Gasteiger partial charge in [-0.2, -0.15) is 0 Å². The fourth-order valence-corrected chi connectivity index (χ4v) is 5.33. The molecular weight excluding hydrogens is 486 g/mol. The lowest BCUT2D eigenvalue weighted by Crippen LogP contribution is -2.19. The number of carbonyl (C=O) groups is 1. The molecule has 39 heavy (non-hydrogen) atoms. The van der Waals surface area contributed by atoms with Gasteiger partial charge in [0, 0.05) is 5.56 Å². The van der Waals surface area contributed by atoms with Crippen LogP contribution in [0.4, 0.5) is 0 Å². The molecule has 1 aliphatic rings. The normalized spacial score (nSPS) is 14.6. The first-order chi connectivity index (χ1) is 18.9. The Bertz CT molecular complexity index is 1610. The van der Waals surface area contributed by atoms with Crippen molar-refractivity contribution >= 4 is 5.97 Å². The number of hydrogen-bond acceptors (Lipinski definition) is 4. The van der Waals surface area contributed by atoms with E-state index in [4.69, 9.17) is 4.52 Å². The van der Waals surface area contributed by atoms with Gasteiger partial charge in [-0.1, -0.05) is 108 Å². The van der Waals surface area contributed by atoms with Crippen LogP contribution in [0.3, 0.4) is 0 Å². The molecule has 0 aliphatic heterocycles. The van der Waals surface area contributed by atoms with Crippen molar-refractivity contribution in [3.63, 3.8) is 0 Å². The number of carboxylic acid groups (broad SMARTS) is 1. The minimum Gasteiger partial charge on any atom is -0.481 e. The zero-order valence-electron chi connectivity index (χ0n) is 21.7. The Morgan fingerprint density at radius 2 is 1.46 bits per heavy atom. The SMILES string of the molecule is Cc1noc(-c2ccc(-c3ccc(C4(C(=O)O)CC4)cc3)cc2)c1C(O)c1cccc(Cc2ccccc2)c1. The first-order valence-corrected chi connectivity index (χ1v) is 13.2. The Hall–Kier alpha value is -4.48. The van der Waals surface area contributed by atoms with Crippen LogP contribution in [0.15, 0.2) is 108 Å². The largest absolute Gasteiger partial charge is 0.481 e. The van der Waals surface area contributed by atoms with Gasteiger partial charge in [-0.25, -0.2) is 0 Å². The van der Waals surface area contributed by atoms with Crippen LogP contribution in [-0.4, -0.2) is 21.3 Å². The molecule has 2 N–H and O–H groups in total. The second-order valence-corrected chi connectivity index (χ2v) is 10.4. The summed E-state index contributed by atoms with van der Waals surface area (Å²) in [6.45, 7) is 1.85. The summed E-state index contributed by atoms with van der Waals surface area (Å²) in [5.74, 6) is -0.199. The smallest absolute Gasteiger partial charge is 0.314 e. The van der Waals surface area contributed by atoms with Gasteiger partial charge in [0.25, 0.3) is 0 Å². The number of benzene rings is 4. The van der Waals surface area contributed by atoms with Crippen LogP contribution in [0.5, 0.6) is 0 Å². The summed E-state index contributed by atoms with van der Waals surface area (Å²) in [6, 6.07) is 34.0. The number of nitrogens with zero attached hydrogens (tertiary/aromatic N) is 1. The summed E-state index contributed by atoms with van der Waals surface area (Å²) in [4.78, 5) is 11.6. The van der Waals surface area contributed by atoms with E-state index in [2.05, 4.69) is 23.4 Å². The Morgan fingerprint density at radius 1 is 0.846 bits per heavy atom. The molecule has 5 heteroatoms. The van der Waals surface area contributed by atoms with Gasteiger partial charge in [-0.15, -0.1) is 0 Å². The molecule has 194 valence electrons. The summed E-state index contributed by atoms with van der Waals surface area (Å²) in [5, 5.41) is 25.2. The molecule has 0 bridgehead atoms. The van der Waals surface area contributed by atoms with E-state index in [-0.39, 0.29) is 0 Å². The number of carboxylic acids is 1. The van der Waals surface area contributed by atoms with Gasteiger partial charge < -0.3 is 14.7 Å². The van der Waals surface area contributed by atoms with Crippen LogP contribution in [0, 0.1) is 6.92 Å². The summed E-state index contributed by atoms with van der Waals surface area (Å²) >= 11 is 0. The van der Waals surface area contributed by atoms with Crippen molar-refractivity contribution in [1.29, 1.82) is 0 Å². The highest BCUT2D eigenvalue weighted by Gasteiger charge is 2.51. The summed E-state index contributed by atoms with van der Waals surface area (Å²) in [5.41, 5.74) is 7.45. The van der Waals surface area contributed by atoms with Gasteiger partial charge in [0.2, 0.25) is 0 Å². The predicted molar refractivity (Wildman–Crippen MR) is 150 cm³/mol. The number of aliphatic hydroxyl groups excluding tert-OH is 1. The van der Waals surface area contributed by atoms with E-state index in [0.29, 0.717) is 29.9 Å². The molecular formula is C34H29NO4. The predicted octanol–water partition coefficient (Wildman–Crippen LogP) is 7.11. The molecule has 0 spiro atoms. The summed E-state index contributed by atoms with van der Waals surface area (Å²) in [7, 11) is 0. The van der Waals surface area contributed by atoms with Gasteiger partial charge in [-0.05, 0) is 59.6 Å². The second-order valence-electron chi connectivity index (χ2n) is 10.4. The minimum atomic E-state index is -0.877. The Kier molecular flexibility index (Phi) is 6.37. The molecule has 1 heterocycles. The third-order valence-corrected chi connectivity index (χ3v) is 7.78. The molecule has 5 aromatic rings. The molecule has 0 radical (unpaired) electrons. The van der Waals surface area contributed by atoms with Crippen molar-refractivity contribution in [3.8, 4) is 22.5 Å². The third-order valence-electron chi connectivity index (χ3n) is 7.78. The number of aliphatic hydroxyl groups is 1. The highest BCUT2D eigenvalue weighted by atomic mass is 16.5. The quantitative estimate of drug-likeness (QED) is 0.230. The zero-order valence-corrected chi connectivity index (χ0v) is 21.7. The van der Waals surface area contributed by atoms with Gasteiger partial charge in [0.05, 0.1) is 16.7 Å². The fourth-order valence-electron chi connectivity index (χ4n) is 5.33. The van der Waals surface area contributed by atoms with Crippen LogP contribution >= 0.6 is 0 Å². The van der Waals surface area contributed by atoms with Crippen molar-refractivity contribution in [1.82, 2.24) is 5.16 Å². The number of aliphatic carboxylic acids is 1. The van der Waals surface area contributed by atoms with E-state index >= 15 is 0 Å². The summed E-state index contributed by atoms with van der Waals surface area (Å²) in [6.07, 6.45) is 1.30. The van der Waals surface area contributed by atoms with E-state index in [1.807, 2.05) is 91.9 Å². The molecule has 0 saturated heterocycles. The maximum absolute atomic E-state index is 11.6. The average Bonchev–Trinajstić information content (AvgIpc) is 3.70. The molecule has 5 nitrogen and oxygen atoms in total. The third kappa shape index (κ3) is 4.77. The van der Waals surface area contributed by atoms with Crippen LogP contribution < -0.4 is 0 Å². The van der Waals surface area contributed by atoms with Crippen LogP contribution in [0.25, 0.3) is 22.5 Å². The van der Waals surface area contributed by atoms with Crippen molar-refractivity contribution in [2.75, 3.05) is 0 Å². The number of hydrogen-bond donors (Lipinski definition) is 2. The molecule has 1 aliphatic carbocycles. The van der Waals surface area contributed by atoms with Gasteiger partial charge >= 0.3 is 5.97 Å². The second kappa shape index (κ2) is 10.0. The minimum absolute atomic E-state index is 0.549. The molecule has 0 amide bonds. The van der Waals surface area contributed by atoms with Gasteiger partial charge in [-0.3, -0.25) is 4.79 Å². The van der Waals surface area contributed by atoms with Crippen molar-refractivity contribution in [2.45, 2.75) is 37.7 Å². The first-order valence-electron chi connectivity index (χ1n) is 13.2. The van der Waals surface area contributed by atoms with E-state index < -0.39 is 17.5 Å². The van der Waals surface area contributed by atoms with Crippen molar-refractivity contribution < 1.29 is 19.5 Å². The standard InChI is InChI=1S/C34H29NO4/c1-22-30(31(36)28-9-5-8-24(21-28)20-23-6-3-2-4-7-23)32(39-35-22)27-12-10-25(11-13-27)26-14-16-29(17-15-26)34(18-19-34)33(37)38/h2-17,21,31,36H,18-20H2,1H3,(H,37,38). The van der Waals surface area contributed by atoms with E-state index in [9.17, 15) is 15.0 Å². The number of aromatic nitrogens is 1. The number of rotatable bonds is 8. The molecule has 1 aromatic heterocycles. The van der Waals surface area contributed by atoms with E-state index in [1.165, 1.54) is 5.56 Å². The Balaban J connectivity index is 1.24. The van der Waals surface area contributed by atoms with Crippen molar-refractivity contribution in [3.05, 3.63) is 137 Å². The van der Waals surface area contributed by atoms with E-state index in [1.54, 1.807) is 0 Å². The highest BCUT2D eigenvalue weighted by Crippen LogP contribution is 2.48. The molecule has 1 unspecified atom stereocenters. The van der Waals surface area contributed by atoms with Crippen LogP contribution in [0.2, 0.25) is 0 Å². The van der Waals surface area contributed by atoms with Crippen LogP contribution in [0.1, 0.15) is 52.5 Å². The van der Waals surface area contributed by atoms with E-state index in [0.717, 1.165) is 39.8 Å². The monoisotopic (exact) mass is 515 g/mol. The maximum atomic E-state index is 11.6. The lowest BCUT2D eigenvalue weighted by atomic mass is 9.92. The van der Waals surface area contributed by atoms with Gasteiger partial charge in [0.1, 0.15) is 6.10 Å². The molecule has 1 atom stereocenters. The summed E-state index contributed by atoms with van der Waals surface area (Å²) < 4.78 is 5.71. The molecule has 1 saturated carbocycles. The van der Waals surface area contributed by atoms with Crippen LogP contribution in [-0.2, 0) is 16.6 Å². The number of aryl methyl sites for hydroxylation is 1. The molecule has 1 fully saturated rings.